The molecule has 13 nitrogen and oxygen atoms in total. The van der Waals surface area contributed by atoms with E-state index in [1.54, 1.807) is 38.7 Å². The molecule has 0 N–H and O–H groups in total. The van der Waals surface area contributed by atoms with Gasteiger partial charge in [0, 0.05) is 71.0 Å². The fourth-order valence-corrected chi connectivity index (χ4v) is 6.72. The second-order valence-electron chi connectivity index (χ2n) is 9.14. The lowest BCUT2D eigenvalue weighted by atomic mass is 10.2. The molecule has 0 aromatic carbocycles. The van der Waals surface area contributed by atoms with Gasteiger partial charge in [0.25, 0.3) is 10.2 Å². The number of fused-ring (bicyclic) bond motifs is 1. The van der Waals surface area contributed by atoms with Gasteiger partial charge < -0.3 is 19.1 Å². The average molecular weight is 565 g/mol. The Morgan fingerprint density at radius 1 is 1.03 bits per heavy atom. The van der Waals surface area contributed by atoms with Crippen LogP contribution < -0.4 is 14.4 Å². The zero-order valence-electron chi connectivity index (χ0n) is 22.0. The third-order valence-electron chi connectivity index (χ3n) is 6.56. The summed E-state index contributed by atoms with van der Waals surface area (Å²) in [5.74, 6) is 1.67. The molecule has 3 aromatic heterocycles. The summed E-state index contributed by atoms with van der Waals surface area (Å²) in [5.41, 5.74) is 1.42. The number of morpholine rings is 1. The van der Waals surface area contributed by atoms with Crippen LogP contribution in [0.3, 0.4) is 0 Å². The smallest absolute Gasteiger partial charge is 0.319 e. The molecule has 15 heteroatoms. The maximum atomic E-state index is 12.5. The second-order valence-corrected chi connectivity index (χ2v) is 12.4. The van der Waals surface area contributed by atoms with Crippen LogP contribution in [0.5, 0.6) is 11.9 Å². The third-order valence-corrected chi connectivity index (χ3v) is 9.61. The van der Waals surface area contributed by atoms with Gasteiger partial charge in [-0.3, -0.25) is 4.90 Å². The number of hydrogen-bond donors (Lipinski definition) is 0. The van der Waals surface area contributed by atoms with E-state index in [-0.39, 0.29) is 6.01 Å². The van der Waals surface area contributed by atoms with E-state index in [9.17, 15) is 8.42 Å². The van der Waals surface area contributed by atoms with Gasteiger partial charge in [0.05, 0.1) is 37.6 Å². The number of hydrogen-bond acceptors (Lipinski definition) is 12. The van der Waals surface area contributed by atoms with Crippen LogP contribution in [0.1, 0.15) is 4.88 Å². The van der Waals surface area contributed by atoms with Gasteiger partial charge in [-0.15, -0.1) is 11.3 Å². The lowest BCUT2D eigenvalue weighted by Gasteiger charge is -2.34. The number of ether oxygens (including phenoxy) is 3. The van der Waals surface area contributed by atoms with Crippen molar-refractivity contribution in [1.29, 1.82) is 0 Å². The van der Waals surface area contributed by atoms with Crippen molar-refractivity contribution in [3.8, 4) is 23.3 Å². The highest BCUT2D eigenvalue weighted by Crippen LogP contribution is 2.36. The minimum absolute atomic E-state index is 0.205. The lowest BCUT2D eigenvalue weighted by molar-refractivity contribution is 0.122. The minimum Gasteiger partial charge on any atom is -0.480 e. The molecule has 0 bridgehead atoms. The summed E-state index contributed by atoms with van der Waals surface area (Å²) in [4.78, 5) is 24.0. The van der Waals surface area contributed by atoms with Crippen LogP contribution >= 0.6 is 11.3 Å². The predicted octanol–water partition coefficient (Wildman–Crippen LogP) is 0.926. The van der Waals surface area contributed by atoms with Crippen LogP contribution in [-0.2, 0) is 21.5 Å². The Morgan fingerprint density at radius 3 is 2.42 bits per heavy atom. The predicted molar refractivity (Wildman–Crippen MR) is 144 cm³/mol. The lowest BCUT2D eigenvalue weighted by Crippen LogP contribution is -2.51. The normalized spacial score (nSPS) is 17.9. The van der Waals surface area contributed by atoms with Crippen LogP contribution in [0.15, 0.2) is 12.3 Å². The molecule has 0 saturated carbocycles. The number of thiophene rings is 1. The number of methoxy groups -OCH3 is 2. The first-order valence-electron chi connectivity index (χ1n) is 12.3. The highest BCUT2D eigenvalue weighted by atomic mass is 32.2. The maximum absolute atomic E-state index is 12.5. The summed E-state index contributed by atoms with van der Waals surface area (Å²) in [6.07, 6.45) is 1.61. The molecule has 2 aliphatic rings. The van der Waals surface area contributed by atoms with E-state index in [1.807, 2.05) is 0 Å². The molecule has 0 atom stereocenters. The Hall–Kier alpha value is -2.69. The number of anilines is 1. The fourth-order valence-electron chi connectivity index (χ4n) is 4.48. The molecule has 0 aliphatic carbocycles. The van der Waals surface area contributed by atoms with Gasteiger partial charge in [0.15, 0.2) is 11.6 Å². The molecule has 38 heavy (non-hydrogen) atoms. The Balaban J connectivity index is 1.45. The van der Waals surface area contributed by atoms with Crippen LogP contribution in [0.25, 0.3) is 21.6 Å². The Bertz CT molecular complexity index is 1390. The van der Waals surface area contributed by atoms with E-state index in [0.29, 0.717) is 63.2 Å². The molecular formula is C23H32N8O5S2. The molecule has 3 aromatic rings. The zero-order valence-corrected chi connectivity index (χ0v) is 23.6. The van der Waals surface area contributed by atoms with E-state index in [2.05, 4.69) is 25.8 Å². The summed E-state index contributed by atoms with van der Waals surface area (Å²) in [6, 6.07) is 2.30. The topological polar surface area (TPSA) is 126 Å². The Morgan fingerprint density at radius 2 is 1.76 bits per heavy atom. The van der Waals surface area contributed by atoms with Gasteiger partial charge in [0.2, 0.25) is 5.88 Å². The van der Waals surface area contributed by atoms with Gasteiger partial charge >= 0.3 is 6.01 Å². The molecule has 0 radical (unpaired) electrons. The largest absolute Gasteiger partial charge is 0.480 e. The third kappa shape index (κ3) is 5.39. The number of rotatable bonds is 8. The van der Waals surface area contributed by atoms with Crippen LogP contribution in [-0.4, -0.2) is 123 Å². The molecule has 2 aliphatic heterocycles. The SMILES string of the molecule is COc1ncc(-c2nc(N3CCOCC3)c3sc(CN4CCN(S(=O)(=O)N(C)C)CC4)cc3n2)c(OC)n1. The first-order chi connectivity index (χ1) is 18.3. The van der Waals surface area contributed by atoms with E-state index < -0.39 is 10.2 Å². The number of nitrogens with zero attached hydrogens (tertiary/aromatic N) is 8. The molecule has 2 fully saturated rings. The highest BCUT2D eigenvalue weighted by Gasteiger charge is 2.29. The van der Waals surface area contributed by atoms with Crippen molar-refractivity contribution >= 4 is 37.6 Å². The number of piperazine rings is 1. The summed E-state index contributed by atoms with van der Waals surface area (Å²) in [6.45, 7) is 5.70. The van der Waals surface area contributed by atoms with Gasteiger partial charge in [-0.05, 0) is 6.07 Å². The first-order valence-corrected chi connectivity index (χ1v) is 14.5. The van der Waals surface area contributed by atoms with E-state index >= 15 is 0 Å². The van der Waals surface area contributed by atoms with Crippen molar-refractivity contribution in [2.24, 2.45) is 0 Å². The van der Waals surface area contributed by atoms with Crippen molar-refractivity contribution in [1.82, 2.24) is 33.4 Å². The Labute approximate surface area is 226 Å². The van der Waals surface area contributed by atoms with Gasteiger partial charge in [0.1, 0.15) is 5.56 Å². The van der Waals surface area contributed by atoms with Crippen molar-refractivity contribution < 1.29 is 22.6 Å². The quantitative estimate of drug-likeness (QED) is 0.388. The summed E-state index contributed by atoms with van der Waals surface area (Å²) in [7, 11) is 2.77. The van der Waals surface area contributed by atoms with Crippen LogP contribution in [0.2, 0.25) is 0 Å². The summed E-state index contributed by atoms with van der Waals surface area (Å²) >= 11 is 1.67. The molecule has 0 spiro atoms. The minimum atomic E-state index is -3.40. The van der Waals surface area contributed by atoms with Crippen molar-refractivity contribution in [2.75, 3.05) is 85.7 Å². The maximum Gasteiger partial charge on any atom is 0.319 e. The standard InChI is InChI=1S/C23H32N8O5S2/c1-28(2)38(32,33)31-7-5-29(6-8-31)15-16-13-18-19(37-16)21(30-9-11-36-12-10-30)26-20(25-18)17-14-24-23(35-4)27-22(17)34-3/h13-14H,5-12,15H2,1-4H3. The highest BCUT2D eigenvalue weighted by molar-refractivity contribution is 7.86. The summed E-state index contributed by atoms with van der Waals surface area (Å²) < 4.78 is 44.9. The molecule has 0 amide bonds. The van der Waals surface area contributed by atoms with Gasteiger partial charge in [-0.25, -0.2) is 15.0 Å². The molecule has 2 saturated heterocycles. The Kier molecular flexibility index (Phi) is 7.93. The monoisotopic (exact) mass is 564 g/mol. The summed E-state index contributed by atoms with van der Waals surface area (Å²) in [5, 5.41) is 0. The van der Waals surface area contributed by atoms with E-state index in [4.69, 9.17) is 24.2 Å². The molecule has 5 heterocycles. The van der Waals surface area contributed by atoms with E-state index in [0.717, 1.165) is 34.0 Å². The number of aromatic nitrogens is 4. The van der Waals surface area contributed by atoms with Crippen LogP contribution in [0, 0.1) is 0 Å². The average Bonchev–Trinajstić information content (AvgIpc) is 3.35. The second kappa shape index (κ2) is 11.2. The van der Waals surface area contributed by atoms with Crippen LogP contribution in [0.4, 0.5) is 5.82 Å². The van der Waals surface area contributed by atoms with Gasteiger partial charge in [-0.1, -0.05) is 0 Å². The van der Waals surface area contributed by atoms with Crippen molar-refractivity contribution in [3.05, 3.63) is 17.1 Å². The molecular weight excluding hydrogens is 532 g/mol. The molecule has 5 rings (SSSR count). The van der Waals surface area contributed by atoms with E-state index in [1.165, 1.54) is 15.7 Å². The molecule has 206 valence electrons. The first kappa shape index (κ1) is 26.9. The van der Waals surface area contributed by atoms with Gasteiger partial charge in [-0.2, -0.15) is 22.0 Å². The fraction of sp³-hybridized carbons (Fsp3) is 0.565. The van der Waals surface area contributed by atoms with Crippen molar-refractivity contribution in [3.63, 3.8) is 0 Å². The molecule has 0 unspecified atom stereocenters. The van der Waals surface area contributed by atoms with Crippen molar-refractivity contribution in [2.45, 2.75) is 6.54 Å². The zero-order chi connectivity index (χ0) is 26.9.